The molecule has 0 spiro atoms. The van der Waals surface area contributed by atoms with E-state index in [2.05, 4.69) is 5.32 Å². The first-order chi connectivity index (χ1) is 6.77. The van der Waals surface area contributed by atoms with Crippen LogP contribution < -0.4 is 11.1 Å². The van der Waals surface area contributed by atoms with Gasteiger partial charge in [-0.25, -0.2) is 4.79 Å². The van der Waals surface area contributed by atoms with Crippen LogP contribution in [-0.4, -0.2) is 29.1 Å². The first-order valence-corrected chi connectivity index (χ1v) is 5.06. The molecule has 0 aliphatic carbocycles. The van der Waals surface area contributed by atoms with Crippen LogP contribution in [0.4, 0.5) is 0 Å². The van der Waals surface area contributed by atoms with Crippen molar-refractivity contribution in [2.24, 2.45) is 17.6 Å². The topological polar surface area (TPSA) is 92.4 Å². The van der Waals surface area contributed by atoms with E-state index in [-0.39, 0.29) is 11.8 Å². The zero-order chi connectivity index (χ0) is 12.2. The van der Waals surface area contributed by atoms with E-state index in [1.807, 2.05) is 13.8 Å². The molecule has 0 saturated heterocycles. The van der Waals surface area contributed by atoms with Crippen molar-refractivity contribution in [3.63, 3.8) is 0 Å². The Kier molecular flexibility index (Phi) is 5.28. The number of nitrogens with two attached hydrogens (primary N) is 1. The summed E-state index contributed by atoms with van der Waals surface area (Å²) >= 11 is 0. The van der Waals surface area contributed by atoms with Crippen LogP contribution in [0.5, 0.6) is 0 Å². The summed E-state index contributed by atoms with van der Waals surface area (Å²) in [5.41, 5.74) is 5.60. The van der Waals surface area contributed by atoms with Gasteiger partial charge in [0.15, 0.2) is 0 Å². The fourth-order valence-corrected chi connectivity index (χ4v) is 1.07. The number of carboxylic acids is 1. The summed E-state index contributed by atoms with van der Waals surface area (Å²) in [6, 6.07) is -1.53. The van der Waals surface area contributed by atoms with Gasteiger partial charge in [-0.15, -0.1) is 0 Å². The lowest BCUT2D eigenvalue weighted by Crippen LogP contribution is -2.52. The minimum absolute atomic E-state index is 0.00777. The van der Waals surface area contributed by atoms with Crippen LogP contribution in [0.1, 0.15) is 27.7 Å². The standard InChI is InChI=1S/C10H20N2O3/c1-5(2)7(11)9(13)12-8(6(3)4)10(14)15/h5-8H,11H2,1-4H3,(H,12,13)(H,14,15)/t7-,8?/m0/s1. The van der Waals surface area contributed by atoms with Gasteiger partial charge in [-0.05, 0) is 11.8 Å². The van der Waals surface area contributed by atoms with Gasteiger partial charge in [-0.1, -0.05) is 27.7 Å². The Morgan fingerprint density at radius 1 is 1.13 bits per heavy atom. The monoisotopic (exact) mass is 216 g/mol. The second-order valence-corrected chi connectivity index (χ2v) is 4.34. The van der Waals surface area contributed by atoms with E-state index in [9.17, 15) is 9.59 Å². The molecule has 0 aromatic rings. The summed E-state index contributed by atoms with van der Waals surface area (Å²) in [5, 5.41) is 11.3. The average molecular weight is 216 g/mol. The van der Waals surface area contributed by atoms with Gasteiger partial charge in [0.1, 0.15) is 6.04 Å². The van der Waals surface area contributed by atoms with E-state index < -0.39 is 24.0 Å². The van der Waals surface area contributed by atoms with Gasteiger partial charge in [-0.3, -0.25) is 4.79 Å². The summed E-state index contributed by atoms with van der Waals surface area (Å²) in [5.74, 6) is -1.61. The summed E-state index contributed by atoms with van der Waals surface area (Å²) < 4.78 is 0. The smallest absolute Gasteiger partial charge is 0.326 e. The maximum absolute atomic E-state index is 11.5. The molecular weight excluding hydrogens is 196 g/mol. The van der Waals surface area contributed by atoms with E-state index in [0.717, 1.165) is 0 Å². The number of hydrogen-bond acceptors (Lipinski definition) is 3. The van der Waals surface area contributed by atoms with E-state index in [1.165, 1.54) is 0 Å². The minimum Gasteiger partial charge on any atom is -0.480 e. The Labute approximate surface area is 90.0 Å². The van der Waals surface area contributed by atoms with Gasteiger partial charge in [-0.2, -0.15) is 0 Å². The van der Waals surface area contributed by atoms with E-state index in [4.69, 9.17) is 10.8 Å². The number of hydrogen-bond donors (Lipinski definition) is 3. The molecular formula is C10H20N2O3. The van der Waals surface area contributed by atoms with Crippen LogP contribution in [0.2, 0.25) is 0 Å². The molecule has 4 N–H and O–H groups in total. The van der Waals surface area contributed by atoms with Crippen molar-refractivity contribution in [1.82, 2.24) is 5.32 Å². The van der Waals surface area contributed by atoms with Crippen molar-refractivity contribution >= 4 is 11.9 Å². The summed E-state index contributed by atoms with van der Waals surface area (Å²) in [6.45, 7) is 7.10. The second-order valence-electron chi connectivity index (χ2n) is 4.34. The van der Waals surface area contributed by atoms with Crippen molar-refractivity contribution in [1.29, 1.82) is 0 Å². The van der Waals surface area contributed by atoms with Crippen molar-refractivity contribution in [3.05, 3.63) is 0 Å². The first-order valence-electron chi connectivity index (χ1n) is 5.06. The Bertz CT molecular complexity index is 239. The molecule has 1 unspecified atom stereocenters. The summed E-state index contributed by atoms with van der Waals surface area (Å²) in [7, 11) is 0. The molecule has 2 atom stereocenters. The average Bonchev–Trinajstić information content (AvgIpc) is 2.11. The fraction of sp³-hybridized carbons (Fsp3) is 0.800. The molecule has 0 aliphatic heterocycles. The SMILES string of the molecule is CC(C)C(NC(=O)[C@@H](N)C(C)C)C(=O)O. The maximum atomic E-state index is 11.5. The van der Waals surface area contributed by atoms with Crippen molar-refractivity contribution in [2.75, 3.05) is 0 Å². The van der Waals surface area contributed by atoms with Crippen LogP contribution in [0, 0.1) is 11.8 Å². The molecule has 0 rings (SSSR count). The second kappa shape index (κ2) is 5.70. The number of carbonyl (C=O) groups excluding carboxylic acids is 1. The Balaban J connectivity index is 4.43. The first kappa shape index (κ1) is 13.9. The fourth-order valence-electron chi connectivity index (χ4n) is 1.07. The van der Waals surface area contributed by atoms with Crippen LogP contribution >= 0.6 is 0 Å². The lowest BCUT2D eigenvalue weighted by atomic mass is 10.0. The van der Waals surface area contributed by atoms with Gasteiger partial charge in [0.25, 0.3) is 0 Å². The van der Waals surface area contributed by atoms with E-state index in [1.54, 1.807) is 13.8 Å². The van der Waals surface area contributed by atoms with Gasteiger partial charge >= 0.3 is 5.97 Å². The lowest BCUT2D eigenvalue weighted by Gasteiger charge is -2.21. The third kappa shape index (κ3) is 4.29. The molecule has 0 heterocycles. The molecule has 0 bridgehead atoms. The third-order valence-corrected chi connectivity index (χ3v) is 2.25. The van der Waals surface area contributed by atoms with Crippen LogP contribution in [0.15, 0.2) is 0 Å². The normalized spacial score (nSPS) is 15.1. The van der Waals surface area contributed by atoms with Crippen molar-refractivity contribution < 1.29 is 14.7 Å². The van der Waals surface area contributed by atoms with E-state index in [0.29, 0.717) is 0 Å². The minimum atomic E-state index is -1.03. The highest BCUT2D eigenvalue weighted by Gasteiger charge is 2.26. The number of carbonyl (C=O) groups is 2. The highest BCUT2D eigenvalue weighted by Crippen LogP contribution is 2.04. The maximum Gasteiger partial charge on any atom is 0.326 e. The Morgan fingerprint density at radius 2 is 1.60 bits per heavy atom. The molecule has 5 nitrogen and oxygen atoms in total. The molecule has 0 aromatic heterocycles. The van der Waals surface area contributed by atoms with Crippen molar-refractivity contribution in [2.45, 2.75) is 39.8 Å². The quantitative estimate of drug-likeness (QED) is 0.612. The zero-order valence-electron chi connectivity index (χ0n) is 9.65. The number of carboxylic acid groups (broad SMARTS) is 1. The number of nitrogens with one attached hydrogen (secondary N) is 1. The zero-order valence-corrected chi connectivity index (χ0v) is 9.65. The van der Waals surface area contributed by atoms with Crippen molar-refractivity contribution in [3.8, 4) is 0 Å². The van der Waals surface area contributed by atoms with Crippen LogP contribution in [-0.2, 0) is 9.59 Å². The molecule has 0 aliphatic rings. The molecule has 15 heavy (non-hydrogen) atoms. The van der Waals surface area contributed by atoms with Crippen LogP contribution in [0.25, 0.3) is 0 Å². The summed E-state index contributed by atoms with van der Waals surface area (Å²) in [4.78, 5) is 22.3. The van der Waals surface area contributed by atoms with Gasteiger partial charge in [0.2, 0.25) is 5.91 Å². The Hall–Kier alpha value is -1.10. The van der Waals surface area contributed by atoms with Gasteiger partial charge < -0.3 is 16.2 Å². The number of aliphatic carboxylic acids is 1. The van der Waals surface area contributed by atoms with Crippen LogP contribution in [0.3, 0.4) is 0 Å². The summed E-state index contributed by atoms with van der Waals surface area (Å²) in [6.07, 6.45) is 0. The largest absolute Gasteiger partial charge is 0.480 e. The number of amides is 1. The molecule has 5 heteroatoms. The molecule has 0 aromatic carbocycles. The molecule has 1 amide bonds. The predicted molar refractivity (Wildman–Crippen MR) is 57.2 cm³/mol. The number of rotatable bonds is 5. The molecule has 0 radical (unpaired) electrons. The predicted octanol–water partition coefficient (Wildman–Crippen LogP) is 0.195. The van der Waals surface area contributed by atoms with Gasteiger partial charge in [0.05, 0.1) is 6.04 Å². The molecule has 0 saturated carbocycles. The van der Waals surface area contributed by atoms with E-state index >= 15 is 0 Å². The molecule has 88 valence electrons. The molecule has 0 fully saturated rings. The third-order valence-electron chi connectivity index (χ3n) is 2.25. The highest BCUT2D eigenvalue weighted by atomic mass is 16.4. The highest BCUT2D eigenvalue weighted by molar-refractivity contribution is 5.87. The lowest BCUT2D eigenvalue weighted by molar-refractivity contribution is -0.143. The van der Waals surface area contributed by atoms with Gasteiger partial charge in [0, 0.05) is 0 Å². The Morgan fingerprint density at radius 3 is 1.87 bits per heavy atom.